The molecule has 130 valence electrons. The normalized spacial score (nSPS) is 23.7. The number of rotatable bonds is 8. The van der Waals surface area contributed by atoms with Crippen molar-refractivity contribution in [2.45, 2.75) is 32.2 Å². The molecule has 0 saturated carbocycles. The molecule has 23 heavy (non-hydrogen) atoms. The molecule has 6 heteroatoms. The number of hydrogen-bond donors (Lipinski definition) is 1. The Morgan fingerprint density at radius 1 is 1.22 bits per heavy atom. The van der Waals surface area contributed by atoms with Gasteiger partial charge in [0, 0.05) is 19.6 Å². The summed E-state index contributed by atoms with van der Waals surface area (Å²) in [5, 5.41) is 10.0. The van der Waals surface area contributed by atoms with E-state index in [0.717, 1.165) is 13.1 Å². The summed E-state index contributed by atoms with van der Waals surface area (Å²) in [5.74, 6) is 0.315. The van der Waals surface area contributed by atoms with Crippen LogP contribution in [-0.2, 0) is 9.47 Å². The first kappa shape index (κ1) is 18.1. The Kier molecular flexibility index (Phi) is 7.23. The van der Waals surface area contributed by atoms with Crippen LogP contribution in [0.2, 0.25) is 0 Å². The minimum Gasteiger partial charge on any atom is -0.491 e. The summed E-state index contributed by atoms with van der Waals surface area (Å²) in [5.41, 5.74) is 0. The molecule has 0 spiro atoms. The number of nitrogens with zero attached hydrogens (tertiary/aromatic N) is 1. The lowest BCUT2D eigenvalue weighted by molar-refractivity contribution is -0.0824. The standard InChI is InChI=1S/C17H26FNO4/c1-13-9-19(10-14(2)23-13)11-16(20)12-21-7-8-22-17-5-3-15(18)4-6-17/h3-6,13-14,16,20H,7-12H2,1-2H3/t13-,14-,16+/m1/s1. The van der Waals surface area contributed by atoms with E-state index in [0.29, 0.717) is 25.5 Å². The molecule has 0 amide bonds. The highest BCUT2D eigenvalue weighted by Gasteiger charge is 2.23. The summed E-state index contributed by atoms with van der Waals surface area (Å²) in [7, 11) is 0. The SMILES string of the molecule is C[C@@H]1CN(C[C@H](O)COCCOc2ccc(F)cc2)C[C@@H](C)O1. The zero-order chi connectivity index (χ0) is 16.7. The van der Waals surface area contributed by atoms with E-state index in [2.05, 4.69) is 4.90 Å². The summed E-state index contributed by atoms with van der Waals surface area (Å²) in [6, 6.07) is 5.85. The van der Waals surface area contributed by atoms with E-state index in [1.54, 1.807) is 12.1 Å². The highest BCUT2D eigenvalue weighted by Crippen LogP contribution is 2.12. The van der Waals surface area contributed by atoms with E-state index in [4.69, 9.17) is 14.2 Å². The zero-order valence-corrected chi connectivity index (χ0v) is 13.8. The third kappa shape index (κ3) is 6.83. The monoisotopic (exact) mass is 327 g/mol. The molecule has 1 heterocycles. The molecule has 1 aliphatic heterocycles. The minimum atomic E-state index is -0.529. The third-order valence-corrected chi connectivity index (χ3v) is 3.58. The maximum Gasteiger partial charge on any atom is 0.123 e. The van der Waals surface area contributed by atoms with Crippen molar-refractivity contribution in [3.05, 3.63) is 30.1 Å². The lowest BCUT2D eigenvalue weighted by atomic mass is 10.2. The molecule has 1 aromatic carbocycles. The lowest BCUT2D eigenvalue weighted by Gasteiger charge is -2.36. The fourth-order valence-electron chi connectivity index (χ4n) is 2.75. The van der Waals surface area contributed by atoms with Crippen molar-refractivity contribution in [1.82, 2.24) is 4.90 Å². The molecule has 0 aliphatic carbocycles. The van der Waals surface area contributed by atoms with Gasteiger partial charge in [-0.15, -0.1) is 0 Å². The zero-order valence-electron chi connectivity index (χ0n) is 13.8. The maximum absolute atomic E-state index is 12.7. The van der Waals surface area contributed by atoms with E-state index >= 15 is 0 Å². The lowest BCUT2D eigenvalue weighted by Crippen LogP contribution is -2.48. The van der Waals surface area contributed by atoms with Crippen LogP contribution in [0.15, 0.2) is 24.3 Å². The van der Waals surface area contributed by atoms with E-state index in [1.807, 2.05) is 13.8 Å². The van der Waals surface area contributed by atoms with Gasteiger partial charge in [-0.05, 0) is 38.1 Å². The highest BCUT2D eigenvalue weighted by molar-refractivity contribution is 5.21. The van der Waals surface area contributed by atoms with Gasteiger partial charge < -0.3 is 19.3 Å². The van der Waals surface area contributed by atoms with Gasteiger partial charge in [0.25, 0.3) is 0 Å². The van der Waals surface area contributed by atoms with Crippen molar-refractivity contribution in [1.29, 1.82) is 0 Å². The van der Waals surface area contributed by atoms with E-state index in [9.17, 15) is 9.50 Å². The predicted molar refractivity (Wildman–Crippen MR) is 85.2 cm³/mol. The van der Waals surface area contributed by atoms with Crippen molar-refractivity contribution in [3.63, 3.8) is 0 Å². The van der Waals surface area contributed by atoms with Crippen LogP contribution < -0.4 is 4.74 Å². The van der Waals surface area contributed by atoms with Gasteiger partial charge in [-0.3, -0.25) is 4.90 Å². The van der Waals surface area contributed by atoms with Crippen molar-refractivity contribution in [3.8, 4) is 5.75 Å². The van der Waals surface area contributed by atoms with Crippen LogP contribution in [0.5, 0.6) is 5.75 Å². The van der Waals surface area contributed by atoms with Crippen molar-refractivity contribution >= 4 is 0 Å². The molecule has 1 saturated heterocycles. The van der Waals surface area contributed by atoms with Crippen LogP contribution in [0.1, 0.15) is 13.8 Å². The van der Waals surface area contributed by atoms with Gasteiger partial charge in [0.15, 0.2) is 0 Å². The van der Waals surface area contributed by atoms with Gasteiger partial charge in [-0.25, -0.2) is 4.39 Å². The molecule has 2 rings (SSSR count). The van der Waals surface area contributed by atoms with Gasteiger partial charge in [0.05, 0.1) is 31.5 Å². The molecular weight excluding hydrogens is 301 g/mol. The molecule has 1 aliphatic rings. The molecule has 1 aromatic rings. The summed E-state index contributed by atoms with van der Waals surface area (Å²) in [6.45, 7) is 7.33. The summed E-state index contributed by atoms with van der Waals surface area (Å²) in [6.07, 6.45) is -0.148. The topological polar surface area (TPSA) is 51.2 Å². The predicted octanol–water partition coefficient (Wildman–Crippen LogP) is 1.69. The Balaban J connectivity index is 1.56. The fourth-order valence-corrected chi connectivity index (χ4v) is 2.75. The molecule has 0 aromatic heterocycles. The molecule has 0 unspecified atom stereocenters. The second-order valence-electron chi connectivity index (χ2n) is 6.01. The maximum atomic E-state index is 12.7. The summed E-state index contributed by atoms with van der Waals surface area (Å²) in [4.78, 5) is 2.20. The quantitative estimate of drug-likeness (QED) is 0.737. The number of halogens is 1. The largest absolute Gasteiger partial charge is 0.491 e. The Labute approximate surface area is 137 Å². The van der Waals surface area contributed by atoms with Crippen LogP contribution in [-0.4, -0.2) is 67.8 Å². The van der Waals surface area contributed by atoms with Gasteiger partial charge in [-0.2, -0.15) is 0 Å². The van der Waals surface area contributed by atoms with Crippen LogP contribution in [0.25, 0.3) is 0 Å². The molecule has 0 bridgehead atoms. The van der Waals surface area contributed by atoms with Gasteiger partial charge in [-0.1, -0.05) is 0 Å². The van der Waals surface area contributed by atoms with Crippen molar-refractivity contribution in [2.75, 3.05) is 39.5 Å². The molecular formula is C17H26FNO4. The average molecular weight is 327 g/mol. The minimum absolute atomic E-state index is 0.191. The Morgan fingerprint density at radius 3 is 2.52 bits per heavy atom. The van der Waals surface area contributed by atoms with Crippen LogP contribution in [0.3, 0.4) is 0 Å². The van der Waals surface area contributed by atoms with Gasteiger partial charge in [0.1, 0.15) is 18.2 Å². The summed E-state index contributed by atoms with van der Waals surface area (Å²) >= 11 is 0. The molecule has 1 fully saturated rings. The van der Waals surface area contributed by atoms with Gasteiger partial charge in [0.2, 0.25) is 0 Å². The number of aliphatic hydroxyl groups is 1. The molecule has 0 radical (unpaired) electrons. The molecule has 3 atom stereocenters. The van der Waals surface area contributed by atoms with Crippen LogP contribution >= 0.6 is 0 Å². The first-order valence-corrected chi connectivity index (χ1v) is 8.05. The number of hydrogen-bond acceptors (Lipinski definition) is 5. The second-order valence-corrected chi connectivity index (χ2v) is 6.01. The van der Waals surface area contributed by atoms with Crippen LogP contribution in [0.4, 0.5) is 4.39 Å². The molecule has 5 nitrogen and oxygen atoms in total. The smallest absolute Gasteiger partial charge is 0.123 e. The van der Waals surface area contributed by atoms with E-state index < -0.39 is 6.10 Å². The van der Waals surface area contributed by atoms with Gasteiger partial charge >= 0.3 is 0 Å². The van der Waals surface area contributed by atoms with Crippen LogP contribution in [0, 0.1) is 5.82 Å². The number of aliphatic hydroxyl groups excluding tert-OH is 1. The third-order valence-electron chi connectivity index (χ3n) is 3.58. The van der Waals surface area contributed by atoms with Crippen molar-refractivity contribution in [2.24, 2.45) is 0 Å². The second kappa shape index (κ2) is 9.17. The van der Waals surface area contributed by atoms with Crippen molar-refractivity contribution < 1.29 is 23.7 Å². The first-order chi connectivity index (χ1) is 11.0. The number of morpholine rings is 1. The molecule has 1 N–H and O–H groups in total. The number of β-amino-alcohol motifs (C(OH)–C–C–N with tert-alkyl or cyclic N) is 1. The Hall–Kier alpha value is -1.21. The highest BCUT2D eigenvalue weighted by atomic mass is 19.1. The number of ether oxygens (including phenoxy) is 3. The van der Waals surface area contributed by atoms with E-state index in [1.165, 1.54) is 12.1 Å². The number of benzene rings is 1. The Morgan fingerprint density at radius 2 is 1.87 bits per heavy atom. The average Bonchev–Trinajstić information content (AvgIpc) is 2.47. The summed E-state index contributed by atoms with van der Waals surface area (Å²) < 4.78 is 29.3. The van der Waals surface area contributed by atoms with E-state index in [-0.39, 0.29) is 24.6 Å². The Bertz CT molecular complexity index is 446. The first-order valence-electron chi connectivity index (χ1n) is 8.05. The fraction of sp³-hybridized carbons (Fsp3) is 0.647.